The van der Waals surface area contributed by atoms with Crippen LogP contribution in [0.1, 0.15) is 31.9 Å². The van der Waals surface area contributed by atoms with Gasteiger partial charge in [-0.3, -0.25) is 0 Å². The van der Waals surface area contributed by atoms with Crippen molar-refractivity contribution in [1.29, 1.82) is 0 Å². The lowest BCUT2D eigenvalue weighted by Gasteiger charge is -2.36. The van der Waals surface area contributed by atoms with E-state index in [2.05, 4.69) is 10.0 Å². The van der Waals surface area contributed by atoms with Crippen LogP contribution in [-0.4, -0.2) is 50.8 Å². The molecule has 0 spiro atoms. The van der Waals surface area contributed by atoms with Crippen molar-refractivity contribution in [3.63, 3.8) is 0 Å². The number of rotatable bonds is 6. The first-order valence-electron chi connectivity index (χ1n) is 7.89. The van der Waals surface area contributed by atoms with Crippen molar-refractivity contribution in [2.75, 3.05) is 19.3 Å². The predicted octanol–water partition coefficient (Wildman–Crippen LogP) is 1.32. The Morgan fingerprint density at radius 2 is 2.26 bits per heavy atom. The minimum atomic E-state index is -3.25. The first-order chi connectivity index (χ1) is 10.8. The van der Waals surface area contributed by atoms with E-state index in [1.54, 1.807) is 11.2 Å². The van der Waals surface area contributed by atoms with Gasteiger partial charge in [0.05, 0.1) is 12.5 Å². The first-order valence-corrected chi connectivity index (χ1v) is 9.78. The van der Waals surface area contributed by atoms with Crippen molar-refractivity contribution in [3.8, 4) is 0 Å². The lowest BCUT2D eigenvalue weighted by molar-refractivity contribution is 0.149. The molecule has 0 radical (unpaired) electrons. The Bertz CT molecular complexity index is 600. The molecule has 0 saturated carbocycles. The molecule has 0 aliphatic carbocycles. The van der Waals surface area contributed by atoms with Gasteiger partial charge in [0, 0.05) is 31.6 Å². The van der Waals surface area contributed by atoms with Crippen LogP contribution in [0.15, 0.2) is 22.8 Å². The van der Waals surface area contributed by atoms with E-state index >= 15 is 0 Å². The fourth-order valence-electron chi connectivity index (χ4n) is 2.80. The lowest BCUT2D eigenvalue weighted by atomic mass is 10.0. The zero-order valence-electron chi connectivity index (χ0n) is 13.6. The summed E-state index contributed by atoms with van der Waals surface area (Å²) >= 11 is 0. The standard InChI is InChI=1S/C15H25N3O4S/c1-12(10-14-7-5-9-22-14)17-15(19)18-8-4-3-6-13(18)11-16-23(2,20)21/h5,7,9,12-13,16H,3-4,6,8,10-11H2,1-2H3,(H,17,19). The molecule has 1 aliphatic rings. The van der Waals surface area contributed by atoms with E-state index in [1.807, 2.05) is 19.1 Å². The topological polar surface area (TPSA) is 91.7 Å². The Balaban J connectivity index is 1.89. The van der Waals surface area contributed by atoms with Gasteiger partial charge in [0.1, 0.15) is 5.76 Å². The molecular formula is C15H25N3O4S. The van der Waals surface area contributed by atoms with Crippen molar-refractivity contribution in [2.24, 2.45) is 0 Å². The van der Waals surface area contributed by atoms with E-state index in [-0.39, 0.29) is 24.7 Å². The second-order valence-corrected chi connectivity index (χ2v) is 7.93. The van der Waals surface area contributed by atoms with Gasteiger partial charge in [0.2, 0.25) is 10.0 Å². The zero-order valence-corrected chi connectivity index (χ0v) is 14.4. The summed E-state index contributed by atoms with van der Waals surface area (Å²) in [5.41, 5.74) is 0. The minimum Gasteiger partial charge on any atom is -0.469 e. The lowest BCUT2D eigenvalue weighted by Crippen LogP contribution is -2.54. The van der Waals surface area contributed by atoms with Crippen LogP contribution in [0.3, 0.4) is 0 Å². The van der Waals surface area contributed by atoms with Crippen molar-refractivity contribution < 1.29 is 17.6 Å². The van der Waals surface area contributed by atoms with Crippen LogP contribution in [-0.2, 0) is 16.4 Å². The predicted molar refractivity (Wildman–Crippen MR) is 87.6 cm³/mol. The van der Waals surface area contributed by atoms with E-state index in [1.165, 1.54) is 0 Å². The highest BCUT2D eigenvalue weighted by atomic mass is 32.2. The van der Waals surface area contributed by atoms with Crippen molar-refractivity contribution in [1.82, 2.24) is 14.9 Å². The summed E-state index contributed by atoms with van der Waals surface area (Å²) < 4.78 is 30.3. The second kappa shape index (κ2) is 7.83. The first kappa shape index (κ1) is 17.8. The number of urea groups is 1. The van der Waals surface area contributed by atoms with Crippen molar-refractivity contribution in [3.05, 3.63) is 24.2 Å². The summed E-state index contributed by atoms with van der Waals surface area (Å²) in [6.07, 6.45) is 6.12. The van der Waals surface area contributed by atoms with Gasteiger partial charge in [-0.1, -0.05) is 0 Å². The van der Waals surface area contributed by atoms with Crippen LogP contribution in [0.4, 0.5) is 4.79 Å². The third kappa shape index (κ3) is 5.87. The number of hydrogen-bond acceptors (Lipinski definition) is 4. The van der Waals surface area contributed by atoms with E-state index < -0.39 is 10.0 Å². The summed E-state index contributed by atoms with van der Waals surface area (Å²) in [7, 11) is -3.25. The molecule has 1 aromatic heterocycles. The maximum atomic E-state index is 12.5. The number of carbonyl (C=O) groups excluding carboxylic acids is 1. The fourth-order valence-corrected chi connectivity index (χ4v) is 3.30. The molecule has 2 heterocycles. The highest BCUT2D eigenvalue weighted by molar-refractivity contribution is 7.88. The smallest absolute Gasteiger partial charge is 0.317 e. The summed E-state index contributed by atoms with van der Waals surface area (Å²) in [5.74, 6) is 0.826. The average Bonchev–Trinajstić information content (AvgIpc) is 2.97. The van der Waals surface area contributed by atoms with Crippen LogP contribution < -0.4 is 10.0 Å². The van der Waals surface area contributed by atoms with Crippen LogP contribution in [0.5, 0.6) is 0 Å². The third-order valence-corrected chi connectivity index (χ3v) is 4.62. The van der Waals surface area contributed by atoms with E-state index in [0.29, 0.717) is 13.0 Å². The monoisotopic (exact) mass is 343 g/mol. The van der Waals surface area contributed by atoms with Gasteiger partial charge in [-0.05, 0) is 38.3 Å². The molecule has 1 saturated heterocycles. The van der Waals surface area contributed by atoms with Crippen LogP contribution in [0, 0.1) is 0 Å². The number of carbonyl (C=O) groups is 1. The fraction of sp³-hybridized carbons (Fsp3) is 0.667. The van der Waals surface area contributed by atoms with E-state index in [4.69, 9.17) is 4.42 Å². The SMILES string of the molecule is CC(Cc1ccco1)NC(=O)N1CCCCC1CNS(C)(=O)=O. The van der Waals surface area contributed by atoms with Gasteiger partial charge in [-0.2, -0.15) is 0 Å². The molecule has 0 aromatic carbocycles. The van der Waals surface area contributed by atoms with E-state index in [9.17, 15) is 13.2 Å². The summed E-state index contributed by atoms with van der Waals surface area (Å²) in [6.45, 7) is 2.84. The van der Waals surface area contributed by atoms with Gasteiger partial charge in [-0.25, -0.2) is 17.9 Å². The highest BCUT2D eigenvalue weighted by Crippen LogP contribution is 2.17. The van der Waals surface area contributed by atoms with Crippen molar-refractivity contribution >= 4 is 16.1 Å². The van der Waals surface area contributed by atoms with Crippen LogP contribution >= 0.6 is 0 Å². The molecule has 1 aromatic rings. The Kier molecular flexibility index (Phi) is 6.06. The number of nitrogens with zero attached hydrogens (tertiary/aromatic N) is 1. The van der Waals surface area contributed by atoms with Gasteiger partial charge in [0.25, 0.3) is 0 Å². The number of hydrogen-bond donors (Lipinski definition) is 2. The van der Waals surface area contributed by atoms with E-state index in [0.717, 1.165) is 31.3 Å². The second-order valence-electron chi connectivity index (χ2n) is 6.10. The molecule has 2 unspecified atom stereocenters. The molecule has 0 bridgehead atoms. The number of furan rings is 1. The molecule has 2 rings (SSSR count). The number of piperidine rings is 1. The number of nitrogens with one attached hydrogen (secondary N) is 2. The molecular weight excluding hydrogens is 318 g/mol. The number of amides is 2. The van der Waals surface area contributed by atoms with Gasteiger partial charge < -0.3 is 14.6 Å². The van der Waals surface area contributed by atoms with Crippen LogP contribution in [0.25, 0.3) is 0 Å². The van der Waals surface area contributed by atoms with Crippen molar-refractivity contribution in [2.45, 2.75) is 44.7 Å². The number of sulfonamides is 1. The summed E-state index contributed by atoms with van der Waals surface area (Å²) in [4.78, 5) is 14.2. The molecule has 7 nitrogen and oxygen atoms in total. The zero-order chi connectivity index (χ0) is 16.9. The molecule has 1 fully saturated rings. The Morgan fingerprint density at radius 1 is 1.48 bits per heavy atom. The Morgan fingerprint density at radius 3 is 2.91 bits per heavy atom. The Hall–Kier alpha value is -1.54. The molecule has 1 aliphatic heterocycles. The normalized spacial score (nSPS) is 20.3. The third-order valence-electron chi connectivity index (χ3n) is 3.93. The Labute approximate surface area is 137 Å². The van der Waals surface area contributed by atoms with Gasteiger partial charge in [0.15, 0.2) is 0 Å². The molecule has 2 atom stereocenters. The summed E-state index contributed by atoms with van der Waals surface area (Å²) in [6, 6.07) is 3.39. The summed E-state index contributed by atoms with van der Waals surface area (Å²) in [5, 5.41) is 2.96. The molecule has 2 amide bonds. The largest absolute Gasteiger partial charge is 0.469 e. The molecule has 8 heteroatoms. The molecule has 2 N–H and O–H groups in total. The van der Waals surface area contributed by atoms with Gasteiger partial charge >= 0.3 is 6.03 Å². The maximum absolute atomic E-state index is 12.5. The quantitative estimate of drug-likeness (QED) is 0.815. The van der Waals surface area contributed by atoms with Crippen LogP contribution in [0.2, 0.25) is 0 Å². The minimum absolute atomic E-state index is 0.0564. The molecule has 23 heavy (non-hydrogen) atoms. The van der Waals surface area contributed by atoms with Gasteiger partial charge in [-0.15, -0.1) is 0 Å². The maximum Gasteiger partial charge on any atom is 0.317 e. The molecule has 130 valence electrons. The average molecular weight is 343 g/mol. The highest BCUT2D eigenvalue weighted by Gasteiger charge is 2.28. The number of likely N-dealkylation sites (tertiary alicyclic amines) is 1.